The Morgan fingerprint density at radius 3 is 2.13 bits per heavy atom. The molecule has 0 radical (unpaired) electrons. The summed E-state index contributed by atoms with van der Waals surface area (Å²) in [4.78, 5) is 3.19. The first kappa shape index (κ1) is 15.0. The van der Waals surface area contributed by atoms with E-state index in [2.05, 4.69) is 35.3 Å². The molecule has 0 spiro atoms. The molecule has 0 aliphatic carbocycles. The van der Waals surface area contributed by atoms with Gasteiger partial charge in [-0.15, -0.1) is 0 Å². The van der Waals surface area contributed by atoms with E-state index < -0.39 is 0 Å². The Morgan fingerprint density at radius 2 is 1.48 bits per heavy atom. The molecule has 1 aromatic heterocycles. The molecule has 1 heterocycles. The smallest absolute Gasteiger partial charge is 0.203 e. The van der Waals surface area contributed by atoms with E-state index in [0.29, 0.717) is 17.2 Å². The predicted octanol–water partition coefficient (Wildman–Crippen LogP) is 4.36. The van der Waals surface area contributed by atoms with E-state index in [1.54, 1.807) is 21.3 Å². The average molecular weight is 309 g/mol. The van der Waals surface area contributed by atoms with Gasteiger partial charge in [-0.2, -0.15) is 0 Å². The Balaban J connectivity index is 1.94. The maximum absolute atomic E-state index is 5.38. The van der Waals surface area contributed by atoms with Crippen LogP contribution >= 0.6 is 0 Å². The van der Waals surface area contributed by atoms with Crippen LogP contribution in [0.4, 0.5) is 0 Å². The van der Waals surface area contributed by atoms with Crippen LogP contribution < -0.4 is 14.2 Å². The van der Waals surface area contributed by atoms with Gasteiger partial charge in [0.05, 0.1) is 21.3 Å². The first-order chi connectivity index (χ1) is 11.2. The number of nitrogens with one attached hydrogen (secondary N) is 1. The normalized spacial score (nSPS) is 11.1. The van der Waals surface area contributed by atoms with Crippen LogP contribution in [0.1, 0.15) is 11.1 Å². The number of hydrogen-bond donors (Lipinski definition) is 1. The minimum Gasteiger partial charge on any atom is -0.493 e. The summed E-state index contributed by atoms with van der Waals surface area (Å²) in [5, 5.41) is 1.19. The van der Waals surface area contributed by atoms with Crippen LogP contribution in [0.5, 0.6) is 17.2 Å². The number of benzene rings is 2. The molecule has 2 aromatic carbocycles. The summed E-state index contributed by atoms with van der Waals surface area (Å²) in [5.41, 5.74) is 3.24. The van der Waals surface area contributed by atoms with Crippen molar-refractivity contribution in [2.75, 3.05) is 21.3 Å². The minimum absolute atomic E-state index is 0.598. The zero-order chi connectivity index (χ0) is 16.2. The lowest BCUT2D eigenvalue weighted by Crippen LogP contribution is -1.95. The maximum Gasteiger partial charge on any atom is 0.203 e. The number of methoxy groups -OCH3 is 3. The third-order valence-electron chi connectivity index (χ3n) is 3.73. The van der Waals surface area contributed by atoms with Gasteiger partial charge in [0.1, 0.15) is 0 Å². The third-order valence-corrected chi connectivity index (χ3v) is 3.73. The number of ether oxygens (including phenoxy) is 3. The van der Waals surface area contributed by atoms with Crippen LogP contribution in [0.15, 0.2) is 42.6 Å². The van der Waals surface area contributed by atoms with E-state index in [0.717, 1.165) is 16.6 Å². The number of hydrogen-bond acceptors (Lipinski definition) is 3. The lowest BCUT2D eigenvalue weighted by Gasteiger charge is -2.12. The fourth-order valence-electron chi connectivity index (χ4n) is 2.57. The van der Waals surface area contributed by atoms with Crippen LogP contribution in [0.2, 0.25) is 0 Å². The van der Waals surface area contributed by atoms with Gasteiger partial charge in [0, 0.05) is 11.7 Å². The molecule has 3 rings (SSSR count). The van der Waals surface area contributed by atoms with Gasteiger partial charge in [-0.3, -0.25) is 0 Å². The van der Waals surface area contributed by atoms with Crippen molar-refractivity contribution in [3.8, 4) is 17.2 Å². The van der Waals surface area contributed by atoms with Gasteiger partial charge in [-0.05, 0) is 46.8 Å². The van der Waals surface area contributed by atoms with E-state index >= 15 is 0 Å². The van der Waals surface area contributed by atoms with Crippen LogP contribution in [-0.4, -0.2) is 26.3 Å². The van der Waals surface area contributed by atoms with Gasteiger partial charge in [-0.1, -0.05) is 18.2 Å². The molecule has 4 nitrogen and oxygen atoms in total. The number of aromatic amines is 1. The second-order valence-electron chi connectivity index (χ2n) is 5.12. The fourth-order valence-corrected chi connectivity index (χ4v) is 2.57. The van der Waals surface area contributed by atoms with Crippen LogP contribution in [-0.2, 0) is 0 Å². The first-order valence-electron chi connectivity index (χ1n) is 7.30. The van der Waals surface area contributed by atoms with Crippen molar-refractivity contribution in [1.29, 1.82) is 0 Å². The average Bonchev–Trinajstić information content (AvgIpc) is 3.06. The summed E-state index contributed by atoms with van der Waals surface area (Å²) in [6, 6.07) is 12.2. The van der Waals surface area contributed by atoms with Crippen molar-refractivity contribution in [2.24, 2.45) is 0 Å². The van der Waals surface area contributed by atoms with Gasteiger partial charge >= 0.3 is 0 Å². The van der Waals surface area contributed by atoms with Gasteiger partial charge in [0.15, 0.2) is 11.5 Å². The van der Waals surface area contributed by atoms with Crippen LogP contribution in [0.25, 0.3) is 23.1 Å². The quantitative estimate of drug-likeness (QED) is 0.712. The summed E-state index contributed by atoms with van der Waals surface area (Å²) in [6.45, 7) is 0. The number of H-pyrrole nitrogens is 1. The van der Waals surface area contributed by atoms with Crippen molar-refractivity contribution in [2.45, 2.75) is 0 Å². The van der Waals surface area contributed by atoms with Crippen LogP contribution in [0, 0.1) is 0 Å². The largest absolute Gasteiger partial charge is 0.493 e. The molecule has 0 saturated carbocycles. The van der Waals surface area contributed by atoms with E-state index in [1.807, 2.05) is 24.4 Å². The van der Waals surface area contributed by atoms with Crippen LogP contribution in [0.3, 0.4) is 0 Å². The highest BCUT2D eigenvalue weighted by Crippen LogP contribution is 2.38. The maximum atomic E-state index is 5.38. The zero-order valence-corrected chi connectivity index (χ0v) is 13.4. The number of aromatic nitrogens is 1. The molecule has 0 amide bonds. The van der Waals surface area contributed by atoms with Crippen molar-refractivity contribution in [3.05, 3.63) is 53.7 Å². The lowest BCUT2D eigenvalue weighted by atomic mass is 10.1. The molecule has 1 N–H and O–H groups in total. The van der Waals surface area contributed by atoms with Crippen molar-refractivity contribution in [1.82, 2.24) is 4.98 Å². The summed E-state index contributed by atoms with van der Waals surface area (Å²) in [6.07, 6.45) is 6.03. The second-order valence-corrected chi connectivity index (χ2v) is 5.12. The molecule has 0 atom stereocenters. The van der Waals surface area contributed by atoms with E-state index in [1.165, 1.54) is 5.39 Å². The molecular weight excluding hydrogens is 290 g/mol. The summed E-state index contributed by atoms with van der Waals surface area (Å²) in [7, 11) is 4.83. The van der Waals surface area contributed by atoms with E-state index in [-0.39, 0.29) is 0 Å². The van der Waals surface area contributed by atoms with Crippen molar-refractivity contribution < 1.29 is 14.2 Å². The van der Waals surface area contributed by atoms with Crippen molar-refractivity contribution >= 4 is 23.1 Å². The number of fused-ring (bicyclic) bond motifs is 1. The van der Waals surface area contributed by atoms with E-state index in [4.69, 9.17) is 14.2 Å². The second kappa shape index (κ2) is 6.48. The highest BCUT2D eigenvalue weighted by atomic mass is 16.5. The Morgan fingerprint density at radius 1 is 0.783 bits per heavy atom. The Hall–Kier alpha value is -2.88. The first-order valence-corrected chi connectivity index (χ1v) is 7.30. The SMILES string of the molecule is COc1cc(/C=C\c2ccc3[nH]ccc3c2)cc(OC)c1OC. The summed E-state index contributed by atoms with van der Waals surface area (Å²) in [5.74, 6) is 1.89. The Bertz CT molecular complexity index is 824. The molecule has 0 saturated heterocycles. The molecule has 3 aromatic rings. The fraction of sp³-hybridized carbons (Fsp3) is 0.158. The van der Waals surface area contributed by atoms with Gasteiger partial charge in [0.2, 0.25) is 5.75 Å². The third kappa shape index (κ3) is 3.01. The molecule has 23 heavy (non-hydrogen) atoms. The van der Waals surface area contributed by atoms with E-state index in [9.17, 15) is 0 Å². The summed E-state index contributed by atoms with van der Waals surface area (Å²) < 4.78 is 16.1. The monoisotopic (exact) mass is 309 g/mol. The topological polar surface area (TPSA) is 43.5 Å². The lowest BCUT2D eigenvalue weighted by molar-refractivity contribution is 0.324. The molecule has 0 unspecified atom stereocenters. The molecule has 118 valence electrons. The molecule has 4 heteroatoms. The molecule has 0 aliphatic rings. The van der Waals surface area contributed by atoms with Crippen molar-refractivity contribution in [3.63, 3.8) is 0 Å². The van der Waals surface area contributed by atoms with Gasteiger partial charge < -0.3 is 19.2 Å². The minimum atomic E-state index is 0.598. The summed E-state index contributed by atoms with van der Waals surface area (Å²) >= 11 is 0. The van der Waals surface area contributed by atoms with Gasteiger partial charge in [-0.25, -0.2) is 0 Å². The number of rotatable bonds is 5. The molecule has 0 fully saturated rings. The highest BCUT2D eigenvalue weighted by Gasteiger charge is 2.11. The molecule has 0 aliphatic heterocycles. The zero-order valence-electron chi connectivity index (χ0n) is 13.4. The molecular formula is C19H19NO3. The molecule has 0 bridgehead atoms. The Labute approximate surface area is 135 Å². The highest BCUT2D eigenvalue weighted by molar-refractivity contribution is 5.84. The van der Waals surface area contributed by atoms with Gasteiger partial charge in [0.25, 0.3) is 0 Å². The Kier molecular flexibility index (Phi) is 4.24. The predicted molar refractivity (Wildman–Crippen MR) is 93.3 cm³/mol. The standard InChI is InChI=1S/C19H19NO3/c1-21-17-11-14(12-18(22-2)19(17)23-3)5-4-13-6-7-16-15(10-13)8-9-20-16/h4-12,20H,1-3H3/b5-4-.